The van der Waals surface area contributed by atoms with Crippen LogP contribution < -0.4 is 4.90 Å². The second-order valence-electron chi connectivity index (χ2n) is 3.21. The fraction of sp³-hybridized carbons (Fsp3) is 0.300. The molecule has 0 unspecified atom stereocenters. The zero-order chi connectivity index (χ0) is 10.7. The monoisotopic (exact) mass is 212 g/mol. The molecular formula is C10H13ClN2O. The molecule has 0 aliphatic rings. The van der Waals surface area contributed by atoms with Gasteiger partial charge in [0.1, 0.15) is 0 Å². The molecule has 1 aromatic rings. The van der Waals surface area contributed by atoms with E-state index in [1.807, 2.05) is 12.1 Å². The van der Waals surface area contributed by atoms with Crippen LogP contribution in [0.3, 0.4) is 0 Å². The zero-order valence-electron chi connectivity index (χ0n) is 8.49. The van der Waals surface area contributed by atoms with E-state index >= 15 is 0 Å². The predicted octanol–water partition coefficient (Wildman–Crippen LogP) is 2.46. The Morgan fingerprint density at radius 2 is 1.64 bits per heavy atom. The van der Waals surface area contributed by atoms with E-state index in [1.165, 1.54) is 4.90 Å². The topological polar surface area (TPSA) is 23.6 Å². The van der Waals surface area contributed by atoms with Crippen LogP contribution in [-0.4, -0.2) is 32.1 Å². The van der Waals surface area contributed by atoms with Crippen LogP contribution in [0.2, 0.25) is 5.02 Å². The number of carbonyl (C=O) groups excluding carboxylic acids is 1. The van der Waals surface area contributed by atoms with Crippen LogP contribution >= 0.6 is 11.6 Å². The SMILES string of the molecule is CN(C)C(=O)N(C)c1ccc(Cl)cc1. The van der Waals surface area contributed by atoms with E-state index in [9.17, 15) is 4.79 Å². The largest absolute Gasteiger partial charge is 0.330 e. The van der Waals surface area contributed by atoms with Gasteiger partial charge in [0.25, 0.3) is 0 Å². The van der Waals surface area contributed by atoms with Gasteiger partial charge in [-0.25, -0.2) is 4.79 Å². The van der Waals surface area contributed by atoms with Crippen molar-refractivity contribution in [3.8, 4) is 0 Å². The maximum absolute atomic E-state index is 11.5. The molecule has 0 spiro atoms. The van der Waals surface area contributed by atoms with Crippen molar-refractivity contribution in [2.45, 2.75) is 0 Å². The number of urea groups is 1. The number of benzene rings is 1. The van der Waals surface area contributed by atoms with Gasteiger partial charge in [-0.05, 0) is 24.3 Å². The van der Waals surface area contributed by atoms with E-state index in [2.05, 4.69) is 0 Å². The van der Waals surface area contributed by atoms with Gasteiger partial charge in [-0.15, -0.1) is 0 Å². The van der Waals surface area contributed by atoms with Gasteiger partial charge >= 0.3 is 6.03 Å². The lowest BCUT2D eigenvalue weighted by Gasteiger charge is -2.21. The van der Waals surface area contributed by atoms with Crippen LogP contribution in [0.5, 0.6) is 0 Å². The summed E-state index contributed by atoms with van der Waals surface area (Å²) in [7, 11) is 5.16. The van der Waals surface area contributed by atoms with Crippen LogP contribution in [0, 0.1) is 0 Å². The van der Waals surface area contributed by atoms with E-state index in [0.717, 1.165) is 5.69 Å². The van der Waals surface area contributed by atoms with Crippen molar-refractivity contribution < 1.29 is 4.79 Å². The van der Waals surface area contributed by atoms with Crippen molar-refractivity contribution in [1.29, 1.82) is 0 Å². The van der Waals surface area contributed by atoms with E-state index in [1.54, 1.807) is 38.2 Å². The lowest BCUT2D eigenvalue weighted by atomic mass is 10.3. The Balaban J connectivity index is 2.84. The lowest BCUT2D eigenvalue weighted by molar-refractivity contribution is 0.225. The second-order valence-corrected chi connectivity index (χ2v) is 3.65. The fourth-order valence-corrected chi connectivity index (χ4v) is 1.20. The first kappa shape index (κ1) is 10.9. The summed E-state index contributed by atoms with van der Waals surface area (Å²) in [6.07, 6.45) is 0. The Kier molecular flexibility index (Phi) is 3.36. The Morgan fingerprint density at radius 3 is 2.07 bits per heavy atom. The molecule has 0 saturated heterocycles. The van der Waals surface area contributed by atoms with E-state index in [4.69, 9.17) is 11.6 Å². The van der Waals surface area contributed by atoms with Crippen molar-refractivity contribution in [2.24, 2.45) is 0 Å². The minimum atomic E-state index is -0.0627. The van der Waals surface area contributed by atoms with E-state index in [0.29, 0.717) is 5.02 Å². The molecule has 0 heterocycles. The minimum absolute atomic E-state index is 0.0627. The molecule has 0 atom stereocenters. The minimum Gasteiger partial charge on any atom is -0.330 e. The van der Waals surface area contributed by atoms with Crippen LogP contribution in [0.1, 0.15) is 0 Å². The maximum atomic E-state index is 11.5. The molecule has 0 saturated carbocycles. The molecule has 0 N–H and O–H groups in total. The molecule has 0 aliphatic heterocycles. The highest BCUT2D eigenvalue weighted by atomic mass is 35.5. The molecular weight excluding hydrogens is 200 g/mol. The number of carbonyl (C=O) groups is 1. The van der Waals surface area contributed by atoms with Crippen LogP contribution in [0.25, 0.3) is 0 Å². The third kappa shape index (κ3) is 2.39. The Labute approximate surface area is 88.9 Å². The van der Waals surface area contributed by atoms with Gasteiger partial charge in [0.15, 0.2) is 0 Å². The van der Waals surface area contributed by atoms with Crippen LogP contribution in [-0.2, 0) is 0 Å². The number of anilines is 1. The summed E-state index contributed by atoms with van der Waals surface area (Å²) in [5.74, 6) is 0. The molecule has 0 aliphatic carbocycles. The van der Waals surface area contributed by atoms with Crippen LogP contribution in [0.4, 0.5) is 10.5 Å². The van der Waals surface area contributed by atoms with Crippen molar-refractivity contribution in [1.82, 2.24) is 4.90 Å². The summed E-state index contributed by atoms with van der Waals surface area (Å²) in [6, 6.07) is 7.08. The van der Waals surface area contributed by atoms with Crippen molar-refractivity contribution in [3.05, 3.63) is 29.3 Å². The number of nitrogens with zero attached hydrogens (tertiary/aromatic N) is 2. The van der Waals surface area contributed by atoms with Gasteiger partial charge in [0.05, 0.1) is 0 Å². The highest BCUT2D eigenvalue weighted by Crippen LogP contribution is 2.17. The summed E-state index contributed by atoms with van der Waals surface area (Å²) >= 11 is 5.74. The molecule has 76 valence electrons. The molecule has 0 bridgehead atoms. The Morgan fingerprint density at radius 1 is 1.14 bits per heavy atom. The Bertz CT molecular complexity index is 321. The summed E-state index contributed by atoms with van der Waals surface area (Å²) in [6.45, 7) is 0. The highest BCUT2D eigenvalue weighted by molar-refractivity contribution is 6.30. The van der Waals surface area contributed by atoms with Crippen molar-refractivity contribution in [2.75, 3.05) is 26.0 Å². The van der Waals surface area contributed by atoms with E-state index < -0.39 is 0 Å². The van der Waals surface area contributed by atoms with Gasteiger partial charge in [-0.2, -0.15) is 0 Å². The van der Waals surface area contributed by atoms with E-state index in [-0.39, 0.29) is 6.03 Å². The fourth-order valence-electron chi connectivity index (χ4n) is 1.08. The third-order valence-corrected chi connectivity index (χ3v) is 2.14. The Hall–Kier alpha value is -1.22. The number of rotatable bonds is 1. The normalized spacial score (nSPS) is 9.71. The highest BCUT2D eigenvalue weighted by Gasteiger charge is 2.11. The standard InChI is InChI=1S/C10H13ClN2O/c1-12(2)10(14)13(3)9-6-4-8(11)5-7-9/h4-7H,1-3H3. The third-order valence-electron chi connectivity index (χ3n) is 1.88. The smallest absolute Gasteiger partial charge is 0.323 e. The molecule has 1 rings (SSSR count). The van der Waals surface area contributed by atoms with Gasteiger partial charge in [-0.3, -0.25) is 4.90 Å². The predicted molar refractivity (Wildman–Crippen MR) is 58.9 cm³/mol. The first-order chi connectivity index (χ1) is 6.52. The molecule has 1 aromatic carbocycles. The first-order valence-corrected chi connectivity index (χ1v) is 4.60. The molecule has 2 amide bonds. The van der Waals surface area contributed by atoms with Crippen molar-refractivity contribution >= 4 is 23.3 Å². The first-order valence-electron chi connectivity index (χ1n) is 4.23. The molecule has 0 radical (unpaired) electrons. The quantitative estimate of drug-likeness (QED) is 0.702. The van der Waals surface area contributed by atoms with Gasteiger partial charge < -0.3 is 4.90 Å². The molecule has 4 heteroatoms. The number of hydrogen-bond donors (Lipinski definition) is 0. The summed E-state index contributed by atoms with van der Waals surface area (Å²) < 4.78 is 0. The zero-order valence-corrected chi connectivity index (χ0v) is 9.25. The average molecular weight is 213 g/mol. The molecule has 3 nitrogen and oxygen atoms in total. The summed E-state index contributed by atoms with van der Waals surface area (Å²) in [4.78, 5) is 14.6. The summed E-state index contributed by atoms with van der Waals surface area (Å²) in [5.41, 5.74) is 0.827. The molecule has 0 fully saturated rings. The molecule has 0 aromatic heterocycles. The summed E-state index contributed by atoms with van der Waals surface area (Å²) in [5, 5.41) is 0.666. The average Bonchev–Trinajstić information content (AvgIpc) is 2.16. The second kappa shape index (κ2) is 4.33. The van der Waals surface area contributed by atoms with Gasteiger partial charge in [-0.1, -0.05) is 11.6 Å². The molecule has 14 heavy (non-hydrogen) atoms. The van der Waals surface area contributed by atoms with Gasteiger partial charge in [0, 0.05) is 31.9 Å². The van der Waals surface area contributed by atoms with Crippen molar-refractivity contribution in [3.63, 3.8) is 0 Å². The number of halogens is 1. The van der Waals surface area contributed by atoms with Gasteiger partial charge in [0.2, 0.25) is 0 Å². The maximum Gasteiger partial charge on any atom is 0.323 e. The number of hydrogen-bond acceptors (Lipinski definition) is 1. The van der Waals surface area contributed by atoms with Crippen LogP contribution in [0.15, 0.2) is 24.3 Å². The lowest BCUT2D eigenvalue weighted by Crippen LogP contribution is -2.36. The number of amides is 2.